The molecule has 1 aromatic rings. The van der Waals surface area contributed by atoms with Gasteiger partial charge >= 0.3 is 0 Å². The zero-order chi connectivity index (χ0) is 9.52. The molecule has 0 unspecified atom stereocenters. The summed E-state index contributed by atoms with van der Waals surface area (Å²) in [6.45, 7) is 0.432. The smallest absolute Gasteiger partial charge is 0.0880 e. The number of aliphatic imine (C=N–C) groups is 1. The first-order chi connectivity index (χ1) is 6.38. The van der Waals surface area contributed by atoms with Crippen molar-refractivity contribution in [1.82, 2.24) is 0 Å². The van der Waals surface area contributed by atoms with Crippen LogP contribution in [0.2, 0.25) is 0 Å². The van der Waals surface area contributed by atoms with Crippen LogP contribution in [0, 0.1) is 0 Å². The van der Waals surface area contributed by atoms with Gasteiger partial charge in [0.05, 0.1) is 18.5 Å². The summed E-state index contributed by atoms with van der Waals surface area (Å²) in [7, 11) is 1.56. The van der Waals surface area contributed by atoms with Crippen LogP contribution in [-0.4, -0.2) is 19.9 Å². The average Bonchev–Trinajstić information content (AvgIpc) is 2.17. The van der Waals surface area contributed by atoms with Crippen LogP contribution >= 0.6 is 0 Å². The van der Waals surface area contributed by atoms with Gasteiger partial charge in [-0.25, -0.2) is 0 Å². The molecule has 0 aliphatic rings. The van der Waals surface area contributed by atoms with E-state index >= 15 is 0 Å². The van der Waals surface area contributed by atoms with Gasteiger partial charge in [0, 0.05) is 12.8 Å². The molecule has 0 aliphatic carbocycles. The number of nitrogens with zero attached hydrogens (tertiary/aromatic N) is 1. The molecule has 4 heteroatoms. The largest absolute Gasteiger partial charge is 0.326 e. The lowest BCUT2D eigenvalue weighted by Gasteiger charge is -2.05. The molecule has 0 bridgehead atoms. The van der Waals surface area contributed by atoms with Crippen molar-refractivity contribution >= 4 is 17.6 Å². The van der Waals surface area contributed by atoms with Crippen LogP contribution in [0.5, 0.6) is 0 Å². The fourth-order valence-electron chi connectivity index (χ4n) is 0.934. The number of rotatable bonds is 4. The van der Waals surface area contributed by atoms with Crippen LogP contribution in [0.4, 0.5) is 11.4 Å². The highest BCUT2D eigenvalue weighted by Crippen LogP contribution is 2.23. The summed E-state index contributed by atoms with van der Waals surface area (Å²) in [5.41, 5.74) is 9.67. The lowest BCUT2D eigenvalue weighted by molar-refractivity contribution is 0.271. The van der Waals surface area contributed by atoms with Gasteiger partial charge in [-0.1, -0.05) is 12.1 Å². The SMILES string of the molecule is CONc1ccccc1N=CCN. The Morgan fingerprint density at radius 3 is 3.00 bits per heavy atom. The van der Waals surface area contributed by atoms with E-state index in [0.717, 1.165) is 11.4 Å². The van der Waals surface area contributed by atoms with Gasteiger partial charge in [0.25, 0.3) is 0 Å². The first-order valence-electron chi connectivity index (χ1n) is 3.99. The van der Waals surface area contributed by atoms with Gasteiger partial charge in [-0.15, -0.1) is 0 Å². The van der Waals surface area contributed by atoms with Crippen LogP contribution in [0.25, 0.3) is 0 Å². The van der Waals surface area contributed by atoms with E-state index in [0.29, 0.717) is 6.54 Å². The van der Waals surface area contributed by atoms with Crippen molar-refractivity contribution in [3.63, 3.8) is 0 Å². The van der Waals surface area contributed by atoms with Gasteiger partial charge in [0.15, 0.2) is 0 Å². The van der Waals surface area contributed by atoms with Gasteiger partial charge in [-0.05, 0) is 12.1 Å². The van der Waals surface area contributed by atoms with E-state index in [9.17, 15) is 0 Å². The topological polar surface area (TPSA) is 59.6 Å². The molecule has 0 spiro atoms. The van der Waals surface area contributed by atoms with Crippen LogP contribution in [0.1, 0.15) is 0 Å². The maximum atomic E-state index is 5.30. The van der Waals surface area contributed by atoms with Crippen molar-refractivity contribution in [3.05, 3.63) is 24.3 Å². The molecular formula is C9H13N3O. The molecular weight excluding hydrogens is 166 g/mol. The van der Waals surface area contributed by atoms with E-state index in [2.05, 4.69) is 10.5 Å². The molecule has 0 atom stereocenters. The van der Waals surface area contributed by atoms with E-state index in [4.69, 9.17) is 10.6 Å². The number of anilines is 1. The van der Waals surface area contributed by atoms with Crippen molar-refractivity contribution in [1.29, 1.82) is 0 Å². The molecule has 1 aromatic carbocycles. The fourth-order valence-corrected chi connectivity index (χ4v) is 0.934. The van der Waals surface area contributed by atoms with Gasteiger partial charge < -0.3 is 5.73 Å². The van der Waals surface area contributed by atoms with Crippen molar-refractivity contribution in [2.45, 2.75) is 0 Å². The first kappa shape index (κ1) is 9.70. The van der Waals surface area contributed by atoms with Crippen molar-refractivity contribution < 1.29 is 4.84 Å². The van der Waals surface area contributed by atoms with E-state index in [1.807, 2.05) is 24.3 Å². The fraction of sp³-hybridized carbons (Fsp3) is 0.222. The number of nitrogens with two attached hydrogens (primary N) is 1. The summed E-state index contributed by atoms with van der Waals surface area (Å²) in [6, 6.07) is 7.58. The normalized spacial score (nSPS) is 10.6. The first-order valence-corrected chi connectivity index (χ1v) is 3.99. The number of nitrogens with one attached hydrogen (secondary N) is 1. The number of para-hydroxylation sites is 2. The highest BCUT2D eigenvalue weighted by Gasteiger charge is 1.96. The summed E-state index contributed by atoms with van der Waals surface area (Å²) < 4.78 is 0. The van der Waals surface area contributed by atoms with Crippen LogP contribution < -0.4 is 11.2 Å². The van der Waals surface area contributed by atoms with Crippen molar-refractivity contribution in [2.24, 2.45) is 10.7 Å². The van der Waals surface area contributed by atoms with Crippen LogP contribution in [0.3, 0.4) is 0 Å². The molecule has 70 valence electrons. The Morgan fingerprint density at radius 1 is 1.54 bits per heavy atom. The van der Waals surface area contributed by atoms with E-state index in [-0.39, 0.29) is 0 Å². The number of hydrogen-bond acceptors (Lipinski definition) is 4. The van der Waals surface area contributed by atoms with Gasteiger partial charge in [0.1, 0.15) is 0 Å². The monoisotopic (exact) mass is 179 g/mol. The van der Waals surface area contributed by atoms with Crippen LogP contribution in [0.15, 0.2) is 29.3 Å². The zero-order valence-electron chi connectivity index (χ0n) is 7.53. The molecule has 0 fully saturated rings. The van der Waals surface area contributed by atoms with E-state index in [1.54, 1.807) is 13.3 Å². The Bertz CT molecular complexity index is 286. The molecule has 13 heavy (non-hydrogen) atoms. The summed E-state index contributed by atoms with van der Waals surface area (Å²) in [4.78, 5) is 8.94. The molecule has 0 aromatic heterocycles. The molecule has 0 amide bonds. The third-order valence-corrected chi connectivity index (χ3v) is 1.45. The standard InChI is InChI=1S/C9H13N3O/c1-13-12-9-5-3-2-4-8(9)11-7-6-10/h2-5,7,12H,6,10H2,1H3. The molecule has 0 saturated carbocycles. The second-order valence-electron chi connectivity index (χ2n) is 2.37. The molecule has 0 aliphatic heterocycles. The number of hydrogen-bond donors (Lipinski definition) is 2. The maximum absolute atomic E-state index is 5.30. The molecule has 0 radical (unpaired) electrons. The van der Waals surface area contributed by atoms with Crippen molar-refractivity contribution in [3.8, 4) is 0 Å². The minimum absolute atomic E-state index is 0.432. The van der Waals surface area contributed by atoms with Gasteiger partial charge in [0.2, 0.25) is 0 Å². The summed E-state index contributed by atoms with van der Waals surface area (Å²) in [5.74, 6) is 0. The molecule has 0 heterocycles. The minimum Gasteiger partial charge on any atom is -0.326 e. The zero-order valence-corrected chi connectivity index (χ0v) is 7.53. The van der Waals surface area contributed by atoms with Gasteiger partial charge in [-0.3, -0.25) is 15.3 Å². The van der Waals surface area contributed by atoms with Crippen LogP contribution in [-0.2, 0) is 4.84 Å². The highest BCUT2D eigenvalue weighted by atomic mass is 16.6. The Morgan fingerprint density at radius 2 is 2.31 bits per heavy atom. The lowest BCUT2D eigenvalue weighted by atomic mass is 10.3. The molecule has 3 N–H and O–H groups in total. The maximum Gasteiger partial charge on any atom is 0.0880 e. The Labute approximate surface area is 77.4 Å². The predicted octanol–water partition coefficient (Wildman–Crippen LogP) is 1.32. The molecule has 1 rings (SSSR count). The Kier molecular flexibility index (Phi) is 3.95. The second-order valence-corrected chi connectivity index (χ2v) is 2.37. The number of benzene rings is 1. The summed E-state index contributed by atoms with van der Waals surface area (Å²) in [6.07, 6.45) is 1.65. The summed E-state index contributed by atoms with van der Waals surface area (Å²) in [5, 5.41) is 0. The molecule has 4 nitrogen and oxygen atoms in total. The average molecular weight is 179 g/mol. The van der Waals surface area contributed by atoms with Gasteiger partial charge in [-0.2, -0.15) is 0 Å². The Hall–Kier alpha value is -1.39. The third-order valence-electron chi connectivity index (χ3n) is 1.45. The van der Waals surface area contributed by atoms with Crippen molar-refractivity contribution in [2.75, 3.05) is 19.1 Å². The van der Waals surface area contributed by atoms with E-state index < -0.39 is 0 Å². The second kappa shape index (κ2) is 5.29. The summed E-state index contributed by atoms with van der Waals surface area (Å²) >= 11 is 0. The quantitative estimate of drug-likeness (QED) is 0.541. The molecule has 0 saturated heterocycles. The Balaban J connectivity index is 2.84. The third kappa shape index (κ3) is 2.85. The van der Waals surface area contributed by atoms with E-state index in [1.165, 1.54) is 0 Å². The minimum atomic E-state index is 0.432. The lowest BCUT2D eigenvalue weighted by Crippen LogP contribution is -1.99. The highest BCUT2D eigenvalue weighted by molar-refractivity contribution is 5.72. The predicted molar refractivity (Wildman–Crippen MR) is 54.3 cm³/mol.